The number of benzene rings is 2. The minimum atomic E-state index is -0.762. The van der Waals surface area contributed by atoms with Crippen molar-refractivity contribution in [2.75, 3.05) is 24.3 Å². The van der Waals surface area contributed by atoms with Gasteiger partial charge in [-0.1, -0.05) is 0 Å². The lowest BCUT2D eigenvalue weighted by molar-refractivity contribution is -0.392. The molecule has 0 heterocycles. The van der Waals surface area contributed by atoms with Crippen LogP contribution in [0.25, 0.3) is 0 Å². The second-order valence-corrected chi connectivity index (χ2v) is 4.23. The lowest BCUT2D eigenvalue weighted by atomic mass is 10.2. The van der Waals surface area contributed by atoms with Gasteiger partial charge in [0.05, 0.1) is 22.6 Å². The second-order valence-electron chi connectivity index (χ2n) is 4.23. The van der Waals surface area contributed by atoms with Crippen molar-refractivity contribution in [3.05, 3.63) is 56.6 Å². The van der Waals surface area contributed by atoms with Gasteiger partial charge in [0.25, 0.3) is 11.4 Å². The first-order chi connectivity index (χ1) is 10.8. The average Bonchev–Trinajstić information content (AvgIpc) is 2.47. The molecule has 0 fully saturated rings. The molecule has 2 aromatic carbocycles. The summed E-state index contributed by atoms with van der Waals surface area (Å²) in [5, 5.41) is 20.6. The van der Waals surface area contributed by atoms with Crippen LogP contribution in [0.4, 0.5) is 28.4 Å². The molecule has 10 heteroatoms. The fourth-order valence-electron chi connectivity index (χ4n) is 1.61. The van der Waals surface area contributed by atoms with E-state index in [4.69, 9.17) is 21.9 Å². The van der Waals surface area contributed by atoms with Gasteiger partial charge in [0.1, 0.15) is 5.75 Å². The lowest BCUT2D eigenvalue weighted by Gasteiger charge is -2.03. The second kappa shape index (κ2) is 7.45. The highest BCUT2D eigenvalue weighted by Crippen LogP contribution is 2.30. The number of nitro benzene ring substituents is 2. The molecule has 0 aliphatic heterocycles. The number of anilines is 3. The van der Waals surface area contributed by atoms with E-state index in [1.165, 1.54) is 6.07 Å². The Hall–Kier alpha value is -3.56. The molecule has 2 rings (SSSR count). The summed E-state index contributed by atoms with van der Waals surface area (Å²) in [5.74, 6) is 0.661. The number of nitro groups is 2. The highest BCUT2D eigenvalue weighted by molar-refractivity contribution is 5.70. The molecule has 0 spiro atoms. The Morgan fingerprint density at radius 3 is 1.87 bits per heavy atom. The summed E-state index contributed by atoms with van der Waals surface area (Å²) < 4.78 is 4.92. The van der Waals surface area contributed by atoms with Gasteiger partial charge in [-0.05, 0) is 24.3 Å². The van der Waals surface area contributed by atoms with Crippen molar-refractivity contribution in [3.63, 3.8) is 0 Å². The lowest BCUT2D eigenvalue weighted by Crippen LogP contribution is -2.00. The minimum absolute atomic E-state index is 0.419. The van der Waals surface area contributed by atoms with Crippen LogP contribution in [-0.4, -0.2) is 17.0 Å². The summed E-state index contributed by atoms with van der Waals surface area (Å²) in [6, 6.07) is 8.59. The fraction of sp³-hybridized carbons (Fsp3) is 0.0769. The van der Waals surface area contributed by atoms with Crippen LogP contribution in [0.2, 0.25) is 0 Å². The third-order valence-corrected chi connectivity index (χ3v) is 2.71. The van der Waals surface area contributed by atoms with Gasteiger partial charge in [-0.2, -0.15) is 0 Å². The van der Waals surface area contributed by atoms with Crippen LogP contribution in [0.15, 0.2) is 36.4 Å². The third kappa shape index (κ3) is 4.46. The molecule has 0 atom stereocenters. The predicted octanol–water partition coefficient (Wildman–Crippen LogP) is 1.94. The normalized spacial score (nSPS) is 9.43. The van der Waals surface area contributed by atoms with E-state index in [1.54, 1.807) is 25.3 Å². The molecule has 0 bridgehead atoms. The minimum Gasteiger partial charge on any atom is -0.495 e. The van der Waals surface area contributed by atoms with Crippen LogP contribution in [0.5, 0.6) is 5.75 Å². The first kappa shape index (κ1) is 17.5. The van der Waals surface area contributed by atoms with Gasteiger partial charge < -0.3 is 21.9 Å². The molecule has 0 radical (unpaired) electrons. The van der Waals surface area contributed by atoms with Gasteiger partial charge in [-0.15, -0.1) is 0 Å². The van der Waals surface area contributed by atoms with E-state index in [9.17, 15) is 20.2 Å². The van der Waals surface area contributed by atoms with E-state index < -0.39 is 26.9 Å². The molecule has 23 heavy (non-hydrogen) atoms. The Bertz CT molecular complexity index is 702. The number of hydrogen-bond acceptors (Lipinski definition) is 8. The standard InChI is InChI=1S/C7H10N2O.C6H5N3O4/c1-10-7-3-2-5(8)4-6(7)9;7-6-4(8(10)11)2-1-3-5(6)9(12)13/h2-4H,8-9H2,1H3;1-3H,7H2. The zero-order valence-electron chi connectivity index (χ0n) is 12.1. The first-order valence-electron chi connectivity index (χ1n) is 6.14. The number of para-hydroxylation sites is 1. The maximum absolute atomic E-state index is 10.3. The average molecular weight is 321 g/mol. The van der Waals surface area contributed by atoms with Gasteiger partial charge in [0, 0.05) is 17.8 Å². The fourth-order valence-corrected chi connectivity index (χ4v) is 1.61. The van der Waals surface area contributed by atoms with Gasteiger partial charge >= 0.3 is 0 Å². The Kier molecular flexibility index (Phi) is 5.66. The molecule has 0 saturated heterocycles. The highest BCUT2D eigenvalue weighted by atomic mass is 16.6. The summed E-state index contributed by atoms with van der Waals surface area (Å²) in [5.41, 5.74) is 16.1. The van der Waals surface area contributed by atoms with Crippen LogP contribution < -0.4 is 21.9 Å². The van der Waals surface area contributed by atoms with E-state index in [-0.39, 0.29) is 0 Å². The monoisotopic (exact) mass is 321 g/mol. The van der Waals surface area contributed by atoms with Crippen molar-refractivity contribution in [3.8, 4) is 5.75 Å². The van der Waals surface area contributed by atoms with Crippen LogP contribution in [-0.2, 0) is 0 Å². The quantitative estimate of drug-likeness (QED) is 0.436. The van der Waals surface area contributed by atoms with E-state index in [1.807, 2.05) is 0 Å². The molecule has 0 aliphatic rings. The van der Waals surface area contributed by atoms with Crippen LogP contribution in [0.3, 0.4) is 0 Å². The predicted molar refractivity (Wildman–Crippen MR) is 86.0 cm³/mol. The Morgan fingerprint density at radius 2 is 1.48 bits per heavy atom. The van der Waals surface area contributed by atoms with E-state index in [2.05, 4.69) is 0 Å². The Morgan fingerprint density at radius 1 is 0.957 bits per heavy atom. The van der Waals surface area contributed by atoms with Gasteiger partial charge in [-0.3, -0.25) is 20.2 Å². The molecule has 0 amide bonds. The number of nitrogens with zero attached hydrogens (tertiary/aromatic N) is 2. The molecule has 0 aliphatic carbocycles. The molecule has 0 saturated carbocycles. The molecule has 10 nitrogen and oxygen atoms in total. The van der Waals surface area contributed by atoms with E-state index >= 15 is 0 Å². The maximum Gasteiger partial charge on any atom is 0.299 e. The molecule has 0 aromatic heterocycles. The largest absolute Gasteiger partial charge is 0.495 e. The Balaban J connectivity index is 0.000000238. The molecule has 122 valence electrons. The van der Waals surface area contributed by atoms with Crippen molar-refractivity contribution in [2.45, 2.75) is 0 Å². The number of nitrogens with two attached hydrogens (primary N) is 3. The highest BCUT2D eigenvalue weighted by Gasteiger charge is 2.21. The van der Waals surface area contributed by atoms with Gasteiger partial charge in [-0.25, -0.2) is 0 Å². The number of ether oxygens (including phenoxy) is 1. The summed E-state index contributed by atoms with van der Waals surface area (Å²) in [6.07, 6.45) is 0. The van der Waals surface area contributed by atoms with Crippen molar-refractivity contribution >= 4 is 28.4 Å². The van der Waals surface area contributed by atoms with Crippen molar-refractivity contribution < 1.29 is 14.6 Å². The third-order valence-electron chi connectivity index (χ3n) is 2.71. The number of rotatable bonds is 3. The summed E-state index contributed by atoms with van der Waals surface area (Å²) in [4.78, 5) is 19.1. The zero-order chi connectivity index (χ0) is 17.6. The molecular formula is C13H15N5O5. The number of hydrogen-bond donors (Lipinski definition) is 3. The van der Waals surface area contributed by atoms with Crippen molar-refractivity contribution in [2.24, 2.45) is 0 Å². The zero-order valence-corrected chi connectivity index (χ0v) is 12.1. The first-order valence-corrected chi connectivity index (χ1v) is 6.14. The molecule has 6 N–H and O–H groups in total. The van der Waals surface area contributed by atoms with Crippen molar-refractivity contribution in [1.29, 1.82) is 0 Å². The van der Waals surface area contributed by atoms with Crippen LogP contribution in [0.1, 0.15) is 0 Å². The summed E-state index contributed by atoms with van der Waals surface area (Å²) in [7, 11) is 1.57. The van der Waals surface area contributed by atoms with Gasteiger partial charge in [0.15, 0.2) is 5.69 Å². The summed E-state index contributed by atoms with van der Waals surface area (Å²) >= 11 is 0. The molecular weight excluding hydrogens is 306 g/mol. The van der Waals surface area contributed by atoms with Crippen LogP contribution in [0, 0.1) is 20.2 Å². The summed E-state index contributed by atoms with van der Waals surface area (Å²) in [6.45, 7) is 0. The van der Waals surface area contributed by atoms with E-state index in [0.29, 0.717) is 17.1 Å². The molecule has 2 aromatic rings. The Labute approximate surface area is 130 Å². The van der Waals surface area contributed by atoms with Gasteiger partial charge in [0.2, 0.25) is 0 Å². The van der Waals surface area contributed by atoms with Crippen LogP contribution >= 0.6 is 0 Å². The van der Waals surface area contributed by atoms with Crippen molar-refractivity contribution in [1.82, 2.24) is 0 Å². The number of methoxy groups -OCH3 is 1. The number of nitrogen functional groups attached to an aromatic ring is 3. The SMILES string of the molecule is COc1ccc(N)cc1N.Nc1c([N+](=O)[O-])cccc1[N+](=O)[O-]. The maximum atomic E-state index is 10.3. The smallest absolute Gasteiger partial charge is 0.299 e. The van der Waals surface area contributed by atoms with E-state index in [0.717, 1.165) is 12.1 Å². The molecule has 0 unspecified atom stereocenters. The topological polar surface area (TPSA) is 174 Å².